The molecule has 1 fully saturated rings. The van der Waals surface area contributed by atoms with Crippen LogP contribution >= 0.6 is 0 Å². The summed E-state index contributed by atoms with van der Waals surface area (Å²) >= 11 is 0. The van der Waals surface area contributed by atoms with Crippen LogP contribution in [0.3, 0.4) is 0 Å². The lowest BCUT2D eigenvalue weighted by Crippen LogP contribution is -2.37. The zero-order valence-electron chi connectivity index (χ0n) is 13.2. The minimum absolute atomic E-state index is 0.00117. The van der Waals surface area contributed by atoms with Crippen molar-refractivity contribution in [2.75, 3.05) is 6.54 Å². The molecule has 138 valence electrons. The molecule has 0 radical (unpaired) electrons. The summed E-state index contributed by atoms with van der Waals surface area (Å²) in [5, 5.41) is -2.01. The number of hydrogen-bond donors (Lipinski definition) is 1. The van der Waals surface area contributed by atoms with Crippen molar-refractivity contribution in [3.63, 3.8) is 0 Å². The van der Waals surface area contributed by atoms with Gasteiger partial charge in [-0.3, -0.25) is 28.6 Å². The molecule has 1 atom stereocenters. The van der Waals surface area contributed by atoms with Crippen molar-refractivity contribution >= 4 is 40.2 Å². The molecule has 0 bridgehead atoms. The van der Waals surface area contributed by atoms with Gasteiger partial charge < -0.3 is 4.84 Å². The quantitative estimate of drug-likeness (QED) is 0.238. The van der Waals surface area contributed by atoms with Crippen molar-refractivity contribution in [1.82, 2.24) is 9.96 Å². The van der Waals surface area contributed by atoms with Crippen molar-refractivity contribution < 1.29 is 41.8 Å². The van der Waals surface area contributed by atoms with Crippen LogP contribution in [0.25, 0.3) is 0 Å². The van der Waals surface area contributed by atoms with Crippen LogP contribution in [-0.4, -0.2) is 64.8 Å². The van der Waals surface area contributed by atoms with E-state index in [1.807, 2.05) is 0 Å². The number of carbonyl (C=O) groups excluding carboxylic acids is 5. The first-order chi connectivity index (χ1) is 11.6. The first-order valence-corrected chi connectivity index (χ1v) is 8.54. The highest BCUT2D eigenvalue weighted by molar-refractivity contribution is 7.87. The molecule has 12 heteroatoms. The van der Waals surface area contributed by atoms with E-state index in [0.29, 0.717) is 0 Å². The zero-order valence-corrected chi connectivity index (χ0v) is 14.0. The summed E-state index contributed by atoms with van der Waals surface area (Å²) < 4.78 is 30.8. The minimum atomic E-state index is -4.79. The Labute approximate surface area is 142 Å². The van der Waals surface area contributed by atoms with E-state index in [2.05, 4.69) is 4.84 Å². The van der Waals surface area contributed by atoms with Crippen molar-refractivity contribution in [2.24, 2.45) is 0 Å². The lowest BCUT2D eigenvalue weighted by Gasteiger charge is -2.15. The normalized spacial score (nSPS) is 17.8. The molecule has 1 rings (SSSR count). The average Bonchev–Trinajstić information content (AvgIpc) is 2.80. The van der Waals surface area contributed by atoms with E-state index < -0.39 is 45.5 Å². The van der Waals surface area contributed by atoms with Gasteiger partial charge in [-0.2, -0.15) is 8.42 Å². The van der Waals surface area contributed by atoms with Gasteiger partial charge in [0, 0.05) is 13.0 Å². The molecular formula is C13H16N2O9S. The van der Waals surface area contributed by atoms with Gasteiger partial charge in [0.05, 0.1) is 6.42 Å². The Morgan fingerprint density at radius 1 is 1.40 bits per heavy atom. The van der Waals surface area contributed by atoms with Crippen molar-refractivity contribution in [2.45, 2.75) is 31.4 Å². The Balaban J connectivity index is 2.55. The summed E-state index contributed by atoms with van der Waals surface area (Å²) in [4.78, 5) is 62.3. The van der Waals surface area contributed by atoms with Crippen LogP contribution in [0.1, 0.15) is 26.2 Å². The highest BCUT2D eigenvalue weighted by Crippen LogP contribution is 2.20. The number of hydrogen-bond acceptors (Lipinski definition) is 8. The lowest BCUT2D eigenvalue weighted by atomic mass is 10.3. The molecule has 0 aromatic carbocycles. The highest BCUT2D eigenvalue weighted by Gasteiger charge is 2.48. The zero-order chi connectivity index (χ0) is 19.2. The Morgan fingerprint density at radius 2 is 2.04 bits per heavy atom. The van der Waals surface area contributed by atoms with Crippen LogP contribution in [0, 0.1) is 0 Å². The van der Waals surface area contributed by atoms with E-state index >= 15 is 0 Å². The average molecular weight is 376 g/mol. The third-order valence-corrected chi connectivity index (χ3v) is 4.20. The molecule has 0 spiro atoms. The van der Waals surface area contributed by atoms with Crippen molar-refractivity contribution in [3.05, 3.63) is 12.2 Å². The maximum atomic E-state index is 11.7. The maximum absolute atomic E-state index is 11.7. The van der Waals surface area contributed by atoms with E-state index in [-0.39, 0.29) is 30.9 Å². The number of amides is 4. The third-order valence-electron chi connectivity index (χ3n) is 3.11. The molecule has 0 saturated carbocycles. The van der Waals surface area contributed by atoms with Crippen LogP contribution < -0.4 is 0 Å². The van der Waals surface area contributed by atoms with Gasteiger partial charge in [0.2, 0.25) is 6.41 Å². The van der Waals surface area contributed by atoms with Crippen molar-refractivity contribution in [3.8, 4) is 0 Å². The molecular weight excluding hydrogens is 360 g/mol. The van der Waals surface area contributed by atoms with Gasteiger partial charge in [-0.05, 0) is 19.4 Å². The van der Waals surface area contributed by atoms with Crippen molar-refractivity contribution in [1.29, 1.82) is 0 Å². The van der Waals surface area contributed by atoms with Gasteiger partial charge in [-0.25, -0.2) is 4.79 Å². The monoisotopic (exact) mass is 376 g/mol. The number of nitrogens with zero attached hydrogens (tertiary/aromatic N) is 2. The number of imide groups is 2. The molecule has 0 aliphatic carbocycles. The standard InChI is InChI=1S/C13H16N2O9S/c1-2-4-10(17)14(8-16)6-3-5-12(19)24-15-11(18)7-9(13(15)20)25(21,22)23/h2,4,8-9H,3,5-7H2,1H3,(H,21,22,23)/b4-2-. The Hall–Kier alpha value is -2.60. The summed E-state index contributed by atoms with van der Waals surface area (Å²) in [7, 11) is -4.79. The van der Waals surface area contributed by atoms with E-state index in [1.165, 1.54) is 6.08 Å². The summed E-state index contributed by atoms with van der Waals surface area (Å²) in [6.07, 6.45) is 1.70. The lowest BCUT2D eigenvalue weighted by molar-refractivity contribution is -0.197. The predicted octanol–water partition coefficient (Wildman–Crippen LogP) is -1.20. The smallest absolute Gasteiger partial charge is 0.330 e. The largest absolute Gasteiger partial charge is 0.333 e. The second-order valence-electron chi connectivity index (χ2n) is 4.94. The van der Waals surface area contributed by atoms with Crippen LogP contribution in [0.4, 0.5) is 0 Å². The third kappa shape index (κ3) is 5.46. The van der Waals surface area contributed by atoms with Gasteiger partial charge in [0.15, 0.2) is 5.25 Å². The molecule has 1 aliphatic heterocycles. The SMILES string of the molecule is C/C=C\C(=O)N(C=O)CCCC(=O)ON1C(=O)CC(S(=O)(=O)O)C1=O. The fourth-order valence-electron chi connectivity index (χ4n) is 1.91. The Kier molecular flexibility index (Phi) is 6.94. The number of hydroxylamine groups is 2. The van der Waals surface area contributed by atoms with Gasteiger partial charge in [0.25, 0.3) is 27.8 Å². The molecule has 1 N–H and O–H groups in total. The van der Waals surface area contributed by atoms with E-state index in [4.69, 9.17) is 4.55 Å². The van der Waals surface area contributed by atoms with Gasteiger partial charge in [-0.15, -0.1) is 5.06 Å². The van der Waals surface area contributed by atoms with E-state index in [1.54, 1.807) is 6.92 Å². The number of carbonyl (C=O) groups is 5. The second kappa shape index (κ2) is 8.48. The predicted molar refractivity (Wildman–Crippen MR) is 79.7 cm³/mol. The van der Waals surface area contributed by atoms with E-state index in [9.17, 15) is 32.4 Å². The van der Waals surface area contributed by atoms with Gasteiger partial charge >= 0.3 is 5.97 Å². The minimum Gasteiger partial charge on any atom is -0.330 e. The van der Waals surface area contributed by atoms with Crippen LogP contribution in [0.2, 0.25) is 0 Å². The molecule has 0 aromatic rings. The second-order valence-corrected chi connectivity index (χ2v) is 6.54. The molecule has 1 saturated heterocycles. The van der Waals surface area contributed by atoms with E-state index in [0.717, 1.165) is 11.0 Å². The summed E-state index contributed by atoms with van der Waals surface area (Å²) in [5.41, 5.74) is 0. The molecule has 0 aromatic heterocycles. The molecule has 1 heterocycles. The molecule has 4 amide bonds. The highest BCUT2D eigenvalue weighted by atomic mass is 32.2. The maximum Gasteiger partial charge on any atom is 0.333 e. The fourth-order valence-corrected chi connectivity index (χ4v) is 2.61. The first kappa shape index (κ1) is 20.4. The molecule has 1 aliphatic rings. The van der Waals surface area contributed by atoms with Gasteiger partial charge in [-0.1, -0.05) is 6.08 Å². The van der Waals surface area contributed by atoms with Crippen LogP contribution in [0.15, 0.2) is 12.2 Å². The Bertz CT molecular complexity index is 713. The fraction of sp³-hybridized carbons (Fsp3) is 0.462. The number of rotatable bonds is 8. The Morgan fingerprint density at radius 3 is 2.52 bits per heavy atom. The van der Waals surface area contributed by atoms with Gasteiger partial charge in [0.1, 0.15) is 0 Å². The summed E-state index contributed by atoms with van der Waals surface area (Å²) in [6, 6.07) is 0. The number of allylic oxidation sites excluding steroid dienone is 1. The van der Waals surface area contributed by atoms with Crippen LogP contribution in [0.5, 0.6) is 0 Å². The summed E-state index contributed by atoms with van der Waals surface area (Å²) in [6.45, 7) is 1.49. The molecule has 25 heavy (non-hydrogen) atoms. The summed E-state index contributed by atoms with van der Waals surface area (Å²) in [5.74, 6) is -4.06. The molecule has 1 unspecified atom stereocenters. The topological polar surface area (TPSA) is 155 Å². The molecule has 11 nitrogen and oxygen atoms in total. The first-order valence-electron chi connectivity index (χ1n) is 7.04. The van der Waals surface area contributed by atoms with Crippen LogP contribution in [-0.2, 0) is 38.9 Å².